The van der Waals surface area contributed by atoms with E-state index in [2.05, 4.69) is 41.5 Å². The first-order chi connectivity index (χ1) is 10.1. The number of ether oxygens (including phenoxy) is 1. The fraction of sp³-hybridized carbons (Fsp3) is 0.308. The molecule has 0 spiro atoms. The predicted molar refractivity (Wildman–Crippen MR) is 87.6 cm³/mol. The van der Waals surface area contributed by atoms with Gasteiger partial charge in [0.05, 0.1) is 12.3 Å². The zero-order valence-corrected chi connectivity index (χ0v) is 14.0. The first-order valence-electron chi connectivity index (χ1n) is 6.41. The Balaban J connectivity index is 2.27. The van der Waals surface area contributed by atoms with Crippen LogP contribution in [0.5, 0.6) is 6.01 Å². The number of rotatable bonds is 6. The van der Waals surface area contributed by atoms with E-state index in [1.165, 1.54) is 0 Å². The second kappa shape index (κ2) is 7.42. The van der Waals surface area contributed by atoms with Gasteiger partial charge in [-0.25, -0.2) is 0 Å². The zero-order chi connectivity index (χ0) is 15.2. The van der Waals surface area contributed by atoms with Crippen LogP contribution in [0.25, 0.3) is 0 Å². The molecule has 0 aliphatic heterocycles. The van der Waals surface area contributed by atoms with Crippen molar-refractivity contribution in [2.45, 2.75) is 13.3 Å². The average molecular weight is 373 g/mol. The van der Waals surface area contributed by atoms with E-state index in [-0.39, 0.29) is 6.01 Å². The molecule has 1 aromatic heterocycles. The summed E-state index contributed by atoms with van der Waals surface area (Å²) in [4.78, 5) is 12.6. The molecule has 112 valence electrons. The number of aromatic nitrogens is 3. The van der Waals surface area contributed by atoms with Crippen LogP contribution in [0.15, 0.2) is 22.7 Å². The predicted octanol–water partition coefficient (Wildman–Crippen LogP) is 3.86. The quantitative estimate of drug-likeness (QED) is 0.802. The van der Waals surface area contributed by atoms with Gasteiger partial charge in [0, 0.05) is 16.5 Å². The highest BCUT2D eigenvalue weighted by molar-refractivity contribution is 9.10. The maximum atomic E-state index is 5.99. The molecule has 0 saturated carbocycles. The molecule has 2 aromatic rings. The Morgan fingerprint density at radius 2 is 2.00 bits per heavy atom. The summed E-state index contributed by atoms with van der Waals surface area (Å²) in [6, 6.07) is 5.69. The molecular weight excluding hydrogens is 358 g/mol. The Morgan fingerprint density at radius 1 is 1.24 bits per heavy atom. The number of benzene rings is 1. The normalized spacial score (nSPS) is 10.3. The fourth-order valence-corrected chi connectivity index (χ4v) is 2.01. The molecular formula is C13H15BrClN5O. The second-order valence-electron chi connectivity index (χ2n) is 4.11. The maximum absolute atomic E-state index is 5.99. The number of hydrogen-bond donors (Lipinski definition) is 2. The van der Waals surface area contributed by atoms with Crippen LogP contribution in [0.1, 0.15) is 13.3 Å². The minimum Gasteiger partial charge on any atom is -0.463 e. The van der Waals surface area contributed by atoms with E-state index < -0.39 is 0 Å². The van der Waals surface area contributed by atoms with E-state index in [0.29, 0.717) is 23.5 Å². The maximum Gasteiger partial charge on any atom is 0.323 e. The van der Waals surface area contributed by atoms with Crippen LogP contribution in [-0.2, 0) is 0 Å². The Bertz CT molecular complexity index is 626. The monoisotopic (exact) mass is 371 g/mol. The summed E-state index contributed by atoms with van der Waals surface area (Å²) >= 11 is 9.44. The third-order valence-corrected chi connectivity index (χ3v) is 3.38. The molecule has 2 N–H and O–H groups in total. The van der Waals surface area contributed by atoms with Crippen LogP contribution in [0.2, 0.25) is 5.02 Å². The van der Waals surface area contributed by atoms with E-state index in [9.17, 15) is 0 Å². The molecule has 0 bridgehead atoms. The van der Waals surface area contributed by atoms with E-state index in [1.54, 1.807) is 19.2 Å². The summed E-state index contributed by atoms with van der Waals surface area (Å²) in [6.07, 6.45) is 0.878. The second-order valence-corrected chi connectivity index (χ2v) is 5.40. The minimum absolute atomic E-state index is 0.275. The Morgan fingerprint density at radius 3 is 2.71 bits per heavy atom. The van der Waals surface area contributed by atoms with Crippen LogP contribution < -0.4 is 15.4 Å². The van der Waals surface area contributed by atoms with Gasteiger partial charge in [-0.3, -0.25) is 0 Å². The van der Waals surface area contributed by atoms with Gasteiger partial charge in [-0.1, -0.05) is 18.5 Å². The van der Waals surface area contributed by atoms with Gasteiger partial charge in [0.2, 0.25) is 11.9 Å². The summed E-state index contributed by atoms with van der Waals surface area (Å²) < 4.78 is 6.31. The largest absolute Gasteiger partial charge is 0.463 e. The van der Waals surface area contributed by atoms with Crippen molar-refractivity contribution in [3.63, 3.8) is 0 Å². The molecule has 2 rings (SSSR count). The number of anilines is 3. The molecule has 0 saturated heterocycles. The van der Waals surface area contributed by atoms with Crippen molar-refractivity contribution in [2.24, 2.45) is 0 Å². The molecule has 0 amide bonds. The van der Waals surface area contributed by atoms with Crippen molar-refractivity contribution in [2.75, 3.05) is 24.3 Å². The van der Waals surface area contributed by atoms with Gasteiger partial charge in [-0.15, -0.1) is 0 Å². The zero-order valence-electron chi connectivity index (χ0n) is 11.7. The smallest absolute Gasteiger partial charge is 0.323 e. The van der Waals surface area contributed by atoms with Crippen molar-refractivity contribution in [1.29, 1.82) is 0 Å². The Hall–Kier alpha value is -1.60. The summed E-state index contributed by atoms with van der Waals surface area (Å²) in [5, 5.41) is 6.58. The lowest BCUT2D eigenvalue weighted by atomic mass is 10.3. The number of halogens is 2. The summed E-state index contributed by atoms with van der Waals surface area (Å²) in [7, 11) is 1.73. The molecule has 1 aromatic carbocycles. The summed E-state index contributed by atoms with van der Waals surface area (Å²) in [5.41, 5.74) is 0.761. The van der Waals surface area contributed by atoms with Crippen molar-refractivity contribution in [3.8, 4) is 6.01 Å². The van der Waals surface area contributed by atoms with Gasteiger partial charge in [0.25, 0.3) is 0 Å². The summed E-state index contributed by atoms with van der Waals surface area (Å²) in [6.45, 7) is 2.57. The SMILES string of the molecule is CCCOc1nc(NC)nc(Nc2cc(Cl)ccc2Br)n1. The molecule has 0 radical (unpaired) electrons. The lowest BCUT2D eigenvalue weighted by Gasteiger charge is -2.10. The first kappa shape index (κ1) is 15.8. The van der Waals surface area contributed by atoms with E-state index in [4.69, 9.17) is 16.3 Å². The van der Waals surface area contributed by atoms with Crippen LogP contribution >= 0.6 is 27.5 Å². The molecule has 0 aliphatic rings. The topological polar surface area (TPSA) is 72.0 Å². The van der Waals surface area contributed by atoms with Crippen molar-refractivity contribution >= 4 is 45.1 Å². The molecule has 0 unspecified atom stereocenters. The molecule has 8 heteroatoms. The van der Waals surface area contributed by atoms with Crippen molar-refractivity contribution in [3.05, 3.63) is 27.7 Å². The minimum atomic E-state index is 0.275. The van der Waals surface area contributed by atoms with E-state index >= 15 is 0 Å². The van der Waals surface area contributed by atoms with E-state index in [0.717, 1.165) is 16.6 Å². The van der Waals surface area contributed by atoms with Gasteiger partial charge >= 0.3 is 6.01 Å². The van der Waals surface area contributed by atoms with Gasteiger partial charge < -0.3 is 15.4 Å². The highest BCUT2D eigenvalue weighted by Gasteiger charge is 2.09. The van der Waals surface area contributed by atoms with Gasteiger partial charge in [-0.05, 0) is 40.5 Å². The fourth-order valence-electron chi connectivity index (χ4n) is 1.50. The third-order valence-electron chi connectivity index (χ3n) is 2.45. The highest BCUT2D eigenvalue weighted by Crippen LogP contribution is 2.28. The highest BCUT2D eigenvalue weighted by atomic mass is 79.9. The molecule has 0 aliphatic carbocycles. The van der Waals surface area contributed by atoms with E-state index in [1.807, 2.05) is 13.0 Å². The molecule has 1 heterocycles. The Kier molecular flexibility index (Phi) is 5.58. The third kappa shape index (κ3) is 4.44. The van der Waals surface area contributed by atoms with Gasteiger partial charge in [0.1, 0.15) is 0 Å². The molecule has 21 heavy (non-hydrogen) atoms. The first-order valence-corrected chi connectivity index (χ1v) is 7.58. The Labute approximate surface area is 136 Å². The van der Waals surface area contributed by atoms with Gasteiger partial charge in [0.15, 0.2) is 0 Å². The molecule has 0 atom stereocenters. The van der Waals surface area contributed by atoms with Crippen LogP contribution in [0.4, 0.5) is 17.6 Å². The van der Waals surface area contributed by atoms with Crippen LogP contribution in [0, 0.1) is 0 Å². The number of hydrogen-bond acceptors (Lipinski definition) is 6. The van der Waals surface area contributed by atoms with Gasteiger partial charge in [-0.2, -0.15) is 15.0 Å². The number of nitrogens with one attached hydrogen (secondary N) is 2. The molecule has 0 fully saturated rings. The summed E-state index contributed by atoms with van der Waals surface area (Å²) in [5.74, 6) is 0.806. The number of nitrogens with zero attached hydrogens (tertiary/aromatic N) is 3. The van der Waals surface area contributed by atoms with Crippen LogP contribution in [-0.4, -0.2) is 28.6 Å². The van der Waals surface area contributed by atoms with Crippen molar-refractivity contribution in [1.82, 2.24) is 15.0 Å². The van der Waals surface area contributed by atoms with Crippen LogP contribution in [0.3, 0.4) is 0 Å². The van der Waals surface area contributed by atoms with Crippen molar-refractivity contribution < 1.29 is 4.74 Å². The standard InChI is InChI=1S/C13H15BrClN5O/c1-3-6-21-13-19-11(16-2)18-12(20-13)17-10-7-8(15)4-5-9(10)14/h4-5,7H,3,6H2,1-2H3,(H2,16,17,18,19,20). The molecule has 6 nitrogen and oxygen atoms in total. The lowest BCUT2D eigenvalue weighted by Crippen LogP contribution is -2.07. The average Bonchev–Trinajstić information content (AvgIpc) is 2.48. The lowest BCUT2D eigenvalue weighted by molar-refractivity contribution is 0.292.